The van der Waals surface area contributed by atoms with Crippen LogP contribution in [0, 0.1) is 0 Å². The summed E-state index contributed by atoms with van der Waals surface area (Å²) in [6, 6.07) is 0. The average Bonchev–Trinajstić information content (AvgIpc) is 2.36. The summed E-state index contributed by atoms with van der Waals surface area (Å²) in [7, 11) is 0. The summed E-state index contributed by atoms with van der Waals surface area (Å²) in [4.78, 5) is 7.90. The Kier molecular flexibility index (Phi) is 3.80. The molecule has 5 N–H and O–H groups in total. The van der Waals surface area contributed by atoms with E-state index in [1.54, 1.807) is 0 Å². The van der Waals surface area contributed by atoms with Crippen LogP contribution in [0.15, 0.2) is 18.0 Å². The Balaban J connectivity index is 1.85. The van der Waals surface area contributed by atoms with E-state index in [1.807, 2.05) is 0 Å². The molecule has 1 aromatic rings. The number of allylic oxidation sites excluding steroid dienone is 1. The van der Waals surface area contributed by atoms with Crippen molar-refractivity contribution in [1.82, 2.24) is 9.97 Å². The molecule has 0 aliphatic heterocycles. The Morgan fingerprint density at radius 2 is 2.12 bits per heavy atom. The van der Waals surface area contributed by atoms with Crippen LogP contribution in [0.4, 0.5) is 17.3 Å². The summed E-state index contributed by atoms with van der Waals surface area (Å²) >= 11 is 0. The molecule has 1 aliphatic rings. The predicted molar refractivity (Wildman–Crippen MR) is 70.5 cm³/mol. The highest BCUT2D eigenvalue weighted by atomic mass is 15.1. The van der Waals surface area contributed by atoms with Crippen molar-refractivity contribution < 1.29 is 0 Å². The zero-order chi connectivity index (χ0) is 12.1. The zero-order valence-corrected chi connectivity index (χ0v) is 9.95. The number of nitrogens with two attached hydrogens (primary N) is 2. The van der Waals surface area contributed by atoms with E-state index in [0.717, 1.165) is 13.0 Å². The highest BCUT2D eigenvalue weighted by Gasteiger charge is 2.06. The van der Waals surface area contributed by atoms with Crippen molar-refractivity contribution in [2.75, 3.05) is 23.3 Å². The molecule has 0 saturated carbocycles. The monoisotopic (exact) mass is 233 g/mol. The molecular weight excluding hydrogens is 214 g/mol. The summed E-state index contributed by atoms with van der Waals surface area (Å²) in [5.41, 5.74) is 13.3. The fourth-order valence-electron chi connectivity index (χ4n) is 2.02. The van der Waals surface area contributed by atoms with E-state index in [1.165, 1.54) is 37.6 Å². The largest absolute Gasteiger partial charge is 0.393 e. The molecule has 2 rings (SSSR count). The molecule has 0 saturated heterocycles. The predicted octanol–water partition coefficient (Wildman–Crippen LogP) is 1.94. The zero-order valence-electron chi connectivity index (χ0n) is 9.95. The van der Waals surface area contributed by atoms with Gasteiger partial charge >= 0.3 is 0 Å². The number of anilines is 3. The second-order valence-corrected chi connectivity index (χ2v) is 4.31. The average molecular weight is 233 g/mol. The molecule has 0 unspecified atom stereocenters. The molecule has 0 atom stereocenters. The van der Waals surface area contributed by atoms with Crippen LogP contribution in [-0.2, 0) is 0 Å². The van der Waals surface area contributed by atoms with Crippen molar-refractivity contribution in [3.05, 3.63) is 18.0 Å². The van der Waals surface area contributed by atoms with Gasteiger partial charge in [-0.3, -0.25) is 0 Å². The van der Waals surface area contributed by atoms with Crippen molar-refractivity contribution >= 4 is 17.3 Å². The molecule has 0 fully saturated rings. The first kappa shape index (κ1) is 11.7. The minimum absolute atomic E-state index is 0.333. The van der Waals surface area contributed by atoms with Crippen LogP contribution in [0.25, 0.3) is 0 Å². The van der Waals surface area contributed by atoms with Crippen LogP contribution in [0.3, 0.4) is 0 Å². The Labute approximate surface area is 101 Å². The number of nitrogen functional groups attached to an aromatic ring is 2. The summed E-state index contributed by atoms with van der Waals surface area (Å²) in [6.45, 7) is 0.840. The van der Waals surface area contributed by atoms with Crippen molar-refractivity contribution in [3.63, 3.8) is 0 Å². The van der Waals surface area contributed by atoms with Gasteiger partial charge in [0.05, 0.1) is 0 Å². The van der Waals surface area contributed by atoms with Gasteiger partial charge in [-0.25, -0.2) is 9.97 Å². The third-order valence-electron chi connectivity index (χ3n) is 3.04. The lowest BCUT2D eigenvalue weighted by Gasteiger charge is -2.13. The lowest BCUT2D eigenvalue weighted by molar-refractivity contribution is 0.679. The second kappa shape index (κ2) is 5.52. The number of hydrogen-bond donors (Lipinski definition) is 3. The van der Waals surface area contributed by atoms with Gasteiger partial charge < -0.3 is 16.8 Å². The third kappa shape index (κ3) is 3.09. The minimum Gasteiger partial charge on any atom is -0.393 e. The van der Waals surface area contributed by atoms with Crippen molar-refractivity contribution in [3.8, 4) is 0 Å². The van der Waals surface area contributed by atoms with Gasteiger partial charge in [-0.15, -0.1) is 0 Å². The lowest BCUT2D eigenvalue weighted by Crippen LogP contribution is -2.10. The van der Waals surface area contributed by atoms with Crippen LogP contribution >= 0.6 is 0 Å². The Morgan fingerprint density at radius 3 is 2.88 bits per heavy atom. The lowest BCUT2D eigenvalue weighted by atomic mass is 9.97. The topological polar surface area (TPSA) is 89.8 Å². The molecule has 0 amide bonds. The van der Waals surface area contributed by atoms with Crippen LogP contribution in [0.5, 0.6) is 0 Å². The normalized spacial score (nSPS) is 15.4. The van der Waals surface area contributed by atoms with E-state index in [0.29, 0.717) is 17.3 Å². The van der Waals surface area contributed by atoms with E-state index in [4.69, 9.17) is 11.5 Å². The van der Waals surface area contributed by atoms with E-state index in [9.17, 15) is 0 Å². The molecule has 5 heteroatoms. The fourth-order valence-corrected chi connectivity index (χ4v) is 2.02. The van der Waals surface area contributed by atoms with Gasteiger partial charge in [-0.2, -0.15) is 0 Å². The summed E-state index contributed by atoms with van der Waals surface area (Å²) in [5, 5.41) is 3.20. The van der Waals surface area contributed by atoms with E-state index >= 15 is 0 Å². The SMILES string of the molecule is Nc1ncnc(NCCC2=CCCCC2)c1N. The maximum Gasteiger partial charge on any atom is 0.154 e. The molecule has 92 valence electrons. The molecule has 5 nitrogen and oxygen atoms in total. The molecule has 0 radical (unpaired) electrons. The van der Waals surface area contributed by atoms with Crippen LogP contribution in [-0.4, -0.2) is 16.5 Å². The molecule has 1 aromatic heterocycles. The first-order valence-corrected chi connectivity index (χ1v) is 6.05. The summed E-state index contributed by atoms with van der Waals surface area (Å²) in [5.74, 6) is 0.966. The number of hydrogen-bond acceptors (Lipinski definition) is 5. The Hall–Kier alpha value is -1.78. The minimum atomic E-state index is 0.333. The van der Waals surface area contributed by atoms with Crippen molar-refractivity contribution in [2.24, 2.45) is 0 Å². The highest BCUT2D eigenvalue weighted by Crippen LogP contribution is 2.22. The number of nitrogens with one attached hydrogen (secondary N) is 1. The van der Waals surface area contributed by atoms with Crippen molar-refractivity contribution in [1.29, 1.82) is 0 Å². The molecule has 1 heterocycles. The van der Waals surface area contributed by atoms with Gasteiger partial charge in [0.2, 0.25) is 0 Å². The van der Waals surface area contributed by atoms with Crippen LogP contribution < -0.4 is 16.8 Å². The van der Waals surface area contributed by atoms with Gasteiger partial charge in [0.1, 0.15) is 12.0 Å². The standard InChI is InChI=1S/C12H19N5/c13-10-11(14)16-8-17-12(10)15-7-6-9-4-2-1-3-5-9/h4,8H,1-3,5-7,13H2,(H3,14,15,16,17). The van der Waals surface area contributed by atoms with Gasteiger partial charge in [-0.1, -0.05) is 11.6 Å². The van der Waals surface area contributed by atoms with Crippen LogP contribution in [0.1, 0.15) is 32.1 Å². The van der Waals surface area contributed by atoms with Gasteiger partial charge in [0.15, 0.2) is 11.6 Å². The highest BCUT2D eigenvalue weighted by molar-refractivity contribution is 5.72. The first-order chi connectivity index (χ1) is 8.27. The molecule has 1 aliphatic carbocycles. The van der Waals surface area contributed by atoms with Gasteiger partial charge in [0, 0.05) is 6.54 Å². The fraction of sp³-hybridized carbons (Fsp3) is 0.500. The number of aromatic nitrogens is 2. The number of nitrogens with zero attached hydrogens (tertiary/aromatic N) is 2. The summed E-state index contributed by atoms with van der Waals surface area (Å²) < 4.78 is 0. The van der Waals surface area contributed by atoms with Gasteiger partial charge in [0.25, 0.3) is 0 Å². The van der Waals surface area contributed by atoms with Crippen molar-refractivity contribution in [2.45, 2.75) is 32.1 Å². The third-order valence-corrected chi connectivity index (χ3v) is 3.04. The van der Waals surface area contributed by atoms with E-state index < -0.39 is 0 Å². The molecule has 17 heavy (non-hydrogen) atoms. The second-order valence-electron chi connectivity index (χ2n) is 4.31. The Morgan fingerprint density at radius 1 is 1.24 bits per heavy atom. The van der Waals surface area contributed by atoms with E-state index in [2.05, 4.69) is 21.4 Å². The number of rotatable bonds is 4. The first-order valence-electron chi connectivity index (χ1n) is 6.05. The van der Waals surface area contributed by atoms with E-state index in [-0.39, 0.29) is 0 Å². The van der Waals surface area contributed by atoms with Crippen LogP contribution in [0.2, 0.25) is 0 Å². The molecule has 0 spiro atoms. The maximum atomic E-state index is 5.77. The quantitative estimate of drug-likeness (QED) is 0.691. The summed E-state index contributed by atoms with van der Waals surface area (Å²) in [6.07, 6.45) is 9.90. The molecular formula is C12H19N5. The van der Waals surface area contributed by atoms with Gasteiger partial charge in [-0.05, 0) is 32.1 Å². The maximum absolute atomic E-state index is 5.77. The Bertz CT molecular complexity index is 413. The smallest absolute Gasteiger partial charge is 0.154 e. The molecule has 0 bridgehead atoms. The molecule has 0 aromatic carbocycles.